The molecule has 4 N–H and O–H groups in total. The summed E-state index contributed by atoms with van der Waals surface area (Å²) >= 11 is 0. The molecule has 0 aliphatic carbocycles. The maximum absolute atomic E-state index is 12.1. The molecular weight excluding hydrogens is 366 g/mol. The van der Waals surface area contributed by atoms with Crippen LogP contribution in [0.3, 0.4) is 0 Å². The number of hydrogen-bond donors (Lipinski definition) is 3. The molecule has 2 amide bonds. The third kappa shape index (κ3) is 6.27. The van der Waals surface area contributed by atoms with Gasteiger partial charge in [-0.1, -0.05) is 44.2 Å². The van der Waals surface area contributed by atoms with Crippen LogP contribution >= 0.6 is 12.4 Å². The number of amides is 2. The molecule has 0 aromatic heterocycles. The third-order valence-electron chi connectivity index (χ3n) is 4.01. The number of methoxy groups -OCH3 is 1. The number of nitrogens with two attached hydrogens (primary N) is 1. The number of anilines is 1. The van der Waals surface area contributed by atoms with Gasteiger partial charge < -0.3 is 21.1 Å². The highest BCUT2D eigenvalue weighted by Gasteiger charge is 2.17. The minimum Gasteiger partial charge on any atom is -0.496 e. The van der Waals surface area contributed by atoms with Crippen molar-refractivity contribution in [2.45, 2.75) is 19.9 Å². The summed E-state index contributed by atoms with van der Waals surface area (Å²) < 4.78 is 5.38. The molecule has 0 saturated carbocycles. The molecule has 2 aromatic carbocycles. The van der Waals surface area contributed by atoms with E-state index in [1.807, 2.05) is 56.3 Å². The molecule has 0 fully saturated rings. The lowest BCUT2D eigenvalue weighted by molar-refractivity contribution is -0.125. The molecule has 0 aliphatic rings. The summed E-state index contributed by atoms with van der Waals surface area (Å²) in [6, 6.07) is 14.5. The molecule has 1 atom stereocenters. The average molecular weight is 392 g/mol. The van der Waals surface area contributed by atoms with Gasteiger partial charge in [0.25, 0.3) is 0 Å². The van der Waals surface area contributed by atoms with Gasteiger partial charge in [-0.15, -0.1) is 12.4 Å². The van der Waals surface area contributed by atoms with Crippen molar-refractivity contribution >= 4 is 29.9 Å². The number of nitrogens with one attached hydrogen (secondary N) is 2. The highest BCUT2D eigenvalue weighted by atomic mass is 35.5. The van der Waals surface area contributed by atoms with E-state index < -0.39 is 6.04 Å². The fourth-order valence-corrected chi connectivity index (χ4v) is 2.44. The van der Waals surface area contributed by atoms with Crippen LogP contribution in [-0.2, 0) is 9.59 Å². The molecule has 0 unspecified atom stereocenters. The number of carbonyl (C=O) groups is 2. The maximum atomic E-state index is 12.1. The number of benzene rings is 2. The number of ether oxygens (including phenoxy) is 1. The molecule has 27 heavy (non-hydrogen) atoms. The number of carbonyl (C=O) groups excluding carboxylic acids is 2. The van der Waals surface area contributed by atoms with Gasteiger partial charge in [0, 0.05) is 11.3 Å². The summed E-state index contributed by atoms with van der Waals surface area (Å²) in [7, 11) is 1.62. The lowest BCUT2D eigenvalue weighted by Gasteiger charge is -2.15. The second-order valence-corrected chi connectivity index (χ2v) is 6.32. The summed E-state index contributed by atoms with van der Waals surface area (Å²) in [5, 5.41) is 5.33. The van der Waals surface area contributed by atoms with Crippen LogP contribution in [-0.4, -0.2) is 31.5 Å². The van der Waals surface area contributed by atoms with Gasteiger partial charge in [-0.25, -0.2) is 0 Å². The van der Waals surface area contributed by atoms with Gasteiger partial charge in [0.1, 0.15) is 5.75 Å². The zero-order valence-corrected chi connectivity index (χ0v) is 16.5. The number of halogens is 1. The fourth-order valence-electron chi connectivity index (χ4n) is 2.44. The Morgan fingerprint density at radius 2 is 1.81 bits per heavy atom. The summed E-state index contributed by atoms with van der Waals surface area (Å²) in [6.45, 7) is 3.58. The highest BCUT2D eigenvalue weighted by Crippen LogP contribution is 2.30. The second-order valence-electron chi connectivity index (χ2n) is 6.32. The Morgan fingerprint density at radius 1 is 1.11 bits per heavy atom. The van der Waals surface area contributed by atoms with Gasteiger partial charge >= 0.3 is 0 Å². The summed E-state index contributed by atoms with van der Waals surface area (Å²) in [5.74, 6) is 0.117. The van der Waals surface area contributed by atoms with Crippen molar-refractivity contribution in [2.75, 3.05) is 19.0 Å². The summed E-state index contributed by atoms with van der Waals surface area (Å²) in [5.41, 5.74) is 8.25. The van der Waals surface area contributed by atoms with Crippen molar-refractivity contribution in [1.29, 1.82) is 0 Å². The van der Waals surface area contributed by atoms with Gasteiger partial charge in [0.2, 0.25) is 11.8 Å². The second kappa shape index (κ2) is 10.5. The Balaban J connectivity index is 0.00000364. The van der Waals surface area contributed by atoms with E-state index in [-0.39, 0.29) is 36.7 Å². The van der Waals surface area contributed by atoms with Crippen LogP contribution in [0.2, 0.25) is 0 Å². The first-order valence-electron chi connectivity index (χ1n) is 8.49. The van der Waals surface area contributed by atoms with E-state index in [0.717, 1.165) is 16.9 Å². The monoisotopic (exact) mass is 391 g/mol. The maximum Gasteiger partial charge on any atom is 0.243 e. The molecule has 0 bridgehead atoms. The SMILES string of the molecule is COc1ccccc1-c1cccc(NC(=O)CNC(=O)[C@@H](N)C(C)C)c1.Cl. The van der Waals surface area contributed by atoms with Crippen molar-refractivity contribution in [1.82, 2.24) is 5.32 Å². The van der Waals surface area contributed by atoms with Crippen LogP contribution in [0.25, 0.3) is 11.1 Å². The van der Waals surface area contributed by atoms with E-state index in [1.54, 1.807) is 13.2 Å². The molecule has 7 heteroatoms. The number of hydrogen-bond acceptors (Lipinski definition) is 4. The largest absolute Gasteiger partial charge is 0.496 e. The standard InChI is InChI=1S/C20H25N3O3.ClH/c1-13(2)19(21)20(25)22-12-18(24)23-15-8-6-7-14(11-15)16-9-4-5-10-17(16)26-3;/h4-11,13,19H,12,21H2,1-3H3,(H,22,25)(H,23,24);1H/t19-;/m0./s1. The molecule has 146 valence electrons. The Kier molecular flexibility index (Phi) is 8.78. The number of rotatable bonds is 7. The first-order valence-corrected chi connectivity index (χ1v) is 8.49. The first-order chi connectivity index (χ1) is 12.4. The van der Waals surface area contributed by atoms with Crippen molar-refractivity contribution in [3.8, 4) is 16.9 Å². The molecule has 0 saturated heterocycles. The topological polar surface area (TPSA) is 93.5 Å². The summed E-state index contributed by atoms with van der Waals surface area (Å²) in [6.07, 6.45) is 0. The van der Waals surface area contributed by atoms with Crippen LogP contribution in [0.4, 0.5) is 5.69 Å². The van der Waals surface area contributed by atoms with Crippen LogP contribution in [0.5, 0.6) is 5.75 Å². The van der Waals surface area contributed by atoms with Crippen molar-refractivity contribution < 1.29 is 14.3 Å². The smallest absolute Gasteiger partial charge is 0.243 e. The Hall–Kier alpha value is -2.57. The lowest BCUT2D eigenvalue weighted by atomic mass is 10.0. The van der Waals surface area contributed by atoms with Crippen LogP contribution in [0.1, 0.15) is 13.8 Å². The minimum atomic E-state index is -0.628. The zero-order chi connectivity index (χ0) is 19.1. The van der Waals surface area contributed by atoms with E-state index in [2.05, 4.69) is 10.6 Å². The van der Waals surface area contributed by atoms with Crippen LogP contribution in [0.15, 0.2) is 48.5 Å². The lowest BCUT2D eigenvalue weighted by Crippen LogP contribution is -2.46. The zero-order valence-electron chi connectivity index (χ0n) is 15.7. The Bertz CT molecular complexity index is 781. The minimum absolute atomic E-state index is 0. The van der Waals surface area contributed by atoms with Crippen LogP contribution < -0.4 is 21.1 Å². The highest BCUT2D eigenvalue weighted by molar-refractivity contribution is 5.95. The fraction of sp³-hybridized carbons (Fsp3) is 0.300. The normalized spacial score (nSPS) is 11.3. The number of para-hydroxylation sites is 1. The molecule has 0 aliphatic heterocycles. The Morgan fingerprint density at radius 3 is 2.48 bits per heavy atom. The van der Waals surface area contributed by atoms with Gasteiger partial charge in [0.15, 0.2) is 0 Å². The van der Waals surface area contributed by atoms with Crippen molar-refractivity contribution in [2.24, 2.45) is 11.7 Å². The summed E-state index contributed by atoms with van der Waals surface area (Å²) in [4.78, 5) is 23.9. The molecule has 0 radical (unpaired) electrons. The van der Waals surface area contributed by atoms with E-state index in [4.69, 9.17) is 10.5 Å². The molecule has 0 heterocycles. The van der Waals surface area contributed by atoms with Crippen molar-refractivity contribution in [3.63, 3.8) is 0 Å². The third-order valence-corrected chi connectivity index (χ3v) is 4.01. The van der Waals surface area contributed by atoms with E-state index in [9.17, 15) is 9.59 Å². The van der Waals surface area contributed by atoms with Gasteiger partial charge in [-0.05, 0) is 29.7 Å². The van der Waals surface area contributed by atoms with E-state index in [0.29, 0.717) is 5.69 Å². The molecule has 0 spiro atoms. The molecule has 2 aromatic rings. The molecular formula is C20H26ClN3O3. The predicted molar refractivity (Wildman–Crippen MR) is 110 cm³/mol. The van der Waals surface area contributed by atoms with Gasteiger partial charge in [-0.2, -0.15) is 0 Å². The molecule has 2 rings (SSSR count). The predicted octanol–water partition coefficient (Wildman–Crippen LogP) is 2.82. The van der Waals surface area contributed by atoms with E-state index >= 15 is 0 Å². The quantitative estimate of drug-likeness (QED) is 0.676. The molecule has 6 nitrogen and oxygen atoms in total. The van der Waals surface area contributed by atoms with Crippen molar-refractivity contribution in [3.05, 3.63) is 48.5 Å². The van der Waals surface area contributed by atoms with Gasteiger partial charge in [0.05, 0.1) is 19.7 Å². The first kappa shape index (κ1) is 22.5. The van der Waals surface area contributed by atoms with Crippen LogP contribution in [0, 0.1) is 5.92 Å². The Labute approximate surface area is 165 Å². The average Bonchev–Trinajstić information content (AvgIpc) is 2.65. The van der Waals surface area contributed by atoms with E-state index in [1.165, 1.54) is 0 Å². The van der Waals surface area contributed by atoms with Gasteiger partial charge in [-0.3, -0.25) is 9.59 Å².